The molecule has 2 aromatic rings. The van der Waals surface area contributed by atoms with Crippen molar-refractivity contribution in [3.05, 3.63) is 40.7 Å². The normalized spacial score (nSPS) is 15.8. The molecule has 1 N–H and O–H groups in total. The van der Waals surface area contributed by atoms with E-state index in [0.29, 0.717) is 18.7 Å². The number of amides is 1. The van der Waals surface area contributed by atoms with Crippen molar-refractivity contribution in [2.24, 2.45) is 7.05 Å². The quantitative estimate of drug-likeness (QED) is 0.915. The Hall–Kier alpha value is -2.50. The van der Waals surface area contributed by atoms with Crippen LogP contribution in [-0.4, -0.2) is 28.4 Å². The largest absolute Gasteiger partial charge is 0.494 e. The molecule has 1 aliphatic rings. The first-order chi connectivity index (χ1) is 11.5. The highest BCUT2D eigenvalue weighted by molar-refractivity contribution is 5.95. The Balaban J connectivity index is 1.78. The minimum absolute atomic E-state index is 0.141. The number of nitrogens with one attached hydrogen (secondary N) is 1. The fraction of sp³-hybridized carbons (Fsp3) is 0.444. The van der Waals surface area contributed by atoms with E-state index >= 15 is 0 Å². The Labute approximate surface area is 141 Å². The summed E-state index contributed by atoms with van der Waals surface area (Å²) in [7, 11) is 1.82. The minimum Gasteiger partial charge on any atom is -0.494 e. The number of benzene rings is 1. The highest BCUT2D eigenvalue weighted by Gasteiger charge is 2.22. The number of hydrogen-bond acceptors (Lipinski definition) is 4. The fourth-order valence-corrected chi connectivity index (χ4v) is 2.90. The first-order valence-corrected chi connectivity index (χ1v) is 8.21. The van der Waals surface area contributed by atoms with Gasteiger partial charge in [0.15, 0.2) is 0 Å². The molecule has 128 valence electrons. The molecular formula is C18H23N3O3. The summed E-state index contributed by atoms with van der Waals surface area (Å²) in [6.07, 6.45) is 2.65. The van der Waals surface area contributed by atoms with Gasteiger partial charge in [-0.3, -0.25) is 9.48 Å². The smallest absolute Gasteiger partial charge is 0.255 e. The molecule has 1 aromatic heterocycles. The van der Waals surface area contributed by atoms with Crippen LogP contribution in [0.5, 0.6) is 11.5 Å². The van der Waals surface area contributed by atoms with Gasteiger partial charge < -0.3 is 14.8 Å². The van der Waals surface area contributed by atoms with E-state index in [4.69, 9.17) is 9.47 Å². The number of hydrogen-bond donors (Lipinski definition) is 1. The van der Waals surface area contributed by atoms with E-state index in [-0.39, 0.29) is 12.0 Å². The third-order valence-corrected chi connectivity index (χ3v) is 4.30. The summed E-state index contributed by atoms with van der Waals surface area (Å²) in [4.78, 5) is 12.4. The molecule has 0 spiro atoms. The van der Waals surface area contributed by atoms with Crippen molar-refractivity contribution in [3.63, 3.8) is 0 Å². The van der Waals surface area contributed by atoms with Gasteiger partial charge in [0.2, 0.25) is 0 Å². The van der Waals surface area contributed by atoms with Gasteiger partial charge in [-0.1, -0.05) is 0 Å². The van der Waals surface area contributed by atoms with Crippen LogP contribution in [0.1, 0.15) is 41.0 Å². The predicted octanol–water partition coefficient (Wildman–Crippen LogP) is 2.38. The lowest BCUT2D eigenvalue weighted by atomic mass is 10.1. The Kier molecular flexibility index (Phi) is 4.46. The predicted molar refractivity (Wildman–Crippen MR) is 90.5 cm³/mol. The molecule has 2 heterocycles. The summed E-state index contributed by atoms with van der Waals surface area (Å²) >= 11 is 0. The molecule has 0 bridgehead atoms. The van der Waals surface area contributed by atoms with Gasteiger partial charge in [0, 0.05) is 36.8 Å². The molecule has 3 rings (SSSR count). The SMILES string of the molecule is CCOc1cc2c(cc1CNC(=O)c1cnn(C)c1C)O[C@H](C)C2. The van der Waals surface area contributed by atoms with Crippen molar-refractivity contribution in [1.29, 1.82) is 0 Å². The average molecular weight is 329 g/mol. The molecular weight excluding hydrogens is 306 g/mol. The van der Waals surface area contributed by atoms with Crippen molar-refractivity contribution in [2.75, 3.05) is 6.61 Å². The molecule has 6 heteroatoms. The Morgan fingerprint density at radius 1 is 1.50 bits per heavy atom. The number of aromatic nitrogens is 2. The third-order valence-electron chi connectivity index (χ3n) is 4.30. The van der Waals surface area contributed by atoms with E-state index in [9.17, 15) is 4.79 Å². The van der Waals surface area contributed by atoms with Crippen LogP contribution in [0.2, 0.25) is 0 Å². The highest BCUT2D eigenvalue weighted by atomic mass is 16.5. The summed E-state index contributed by atoms with van der Waals surface area (Å²) in [5, 5.41) is 7.05. The zero-order valence-corrected chi connectivity index (χ0v) is 14.5. The maximum Gasteiger partial charge on any atom is 0.255 e. The molecule has 0 radical (unpaired) electrons. The van der Waals surface area contributed by atoms with E-state index in [1.807, 2.05) is 40.0 Å². The van der Waals surface area contributed by atoms with Crippen molar-refractivity contribution >= 4 is 5.91 Å². The van der Waals surface area contributed by atoms with Crippen molar-refractivity contribution in [3.8, 4) is 11.5 Å². The van der Waals surface area contributed by atoms with E-state index in [1.54, 1.807) is 10.9 Å². The lowest BCUT2D eigenvalue weighted by Crippen LogP contribution is -2.23. The molecule has 24 heavy (non-hydrogen) atoms. The number of ether oxygens (including phenoxy) is 2. The Morgan fingerprint density at radius 3 is 2.96 bits per heavy atom. The molecule has 6 nitrogen and oxygen atoms in total. The number of aryl methyl sites for hydroxylation is 1. The number of fused-ring (bicyclic) bond motifs is 1. The minimum atomic E-state index is -0.141. The summed E-state index contributed by atoms with van der Waals surface area (Å²) in [5.74, 6) is 1.54. The second-order valence-electron chi connectivity index (χ2n) is 6.08. The lowest BCUT2D eigenvalue weighted by Gasteiger charge is -2.13. The maximum absolute atomic E-state index is 12.4. The monoisotopic (exact) mass is 329 g/mol. The van der Waals surface area contributed by atoms with E-state index in [1.165, 1.54) is 0 Å². The van der Waals surface area contributed by atoms with Crippen LogP contribution in [0, 0.1) is 6.92 Å². The highest BCUT2D eigenvalue weighted by Crippen LogP contribution is 2.35. The van der Waals surface area contributed by atoms with E-state index < -0.39 is 0 Å². The van der Waals surface area contributed by atoms with Crippen LogP contribution in [-0.2, 0) is 20.0 Å². The van der Waals surface area contributed by atoms with Gasteiger partial charge in [0.25, 0.3) is 5.91 Å². The summed E-state index contributed by atoms with van der Waals surface area (Å²) in [5.41, 5.74) is 3.49. The molecule has 1 aliphatic heterocycles. The zero-order chi connectivity index (χ0) is 17.3. The van der Waals surface area contributed by atoms with Gasteiger partial charge in [-0.25, -0.2) is 0 Å². The molecule has 0 unspecified atom stereocenters. The summed E-state index contributed by atoms with van der Waals surface area (Å²) in [6, 6.07) is 4.00. The third kappa shape index (κ3) is 3.09. The number of rotatable bonds is 5. The summed E-state index contributed by atoms with van der Waals surface area (Å²) in [6.45, 7) is 6.84. The van der Waals surface area contributed by atoms with E-state index in [0.717, 1.165) is 34.7 Å². The molecule has 1 amide bonds. The second-order valence-corrected chi connectivity index (χ2v) is 6.08. The van der Waals surface area contributed by atoms with Gasteiger partial charge in [0.05, 0.1) is 18.4 Å². The standard InChI is InChI=1S/C18H23N3O3/c1-5-23-16-7-13-6-11(2)24-17(13)8-14(16)9-19-18(22)15-10-20-21(4)12(15)3/h7-8,10-11H,5-6,9H2,1-4H3,(H,19,22)/t11-/m1/s1. The van der Waals surface area contributed by atoms with Gasteiger partial charge in [-0.2, -0.15) is 5.10 Å². The van der Waals surface area contributed by atoms with Gasteiger partial charge in [0.1, 0.15) is 17.6 Å². The van der Waals surface area contributed by atoms with Crippen molar-refractivity contribution in [1.82, 2.24) is 15.1 Å². The molecule has 0 saturated carbocycles. The zero-order valence-electron chi connectivity index (χ0n) is 14.5. The lowest BCUT2D eigenvalue weighted by molar-refractivity contribution is 0.0950. The van der Waals surface area contributed by atoms with Crippen LogP contribution in [0.15, 0.2) is 18.3 Å². The fourth-order valence-electron chi connectivity index (χ4n) is 2.90. The molecule has 1 aromatic carbocycles. The summed E-state index contributed by atoms with van der Waals surface area (Å²) < 4.78 is 13.2. The molecule has 0 fully saturated rings. The van der Waals surface area contributed by atoms with Gasteiger partial charge in [-0.15, -0.1) is 0 Å². The van der Waals surface area contributed by atoms with Crippen LogP contribution in [0.25, 0.3) is 0 Å². The number of nitrogens with zero attached hydrogens (tertiary/aromatic N) is 2. The second kappa shape index (κ2) is 6.55. The molecule has 0 aliphatic carbocycles. The Morgan fingerprint density at radius 2 is 2.29 bits per heavy atom. The molecule has 1 atom stereocenters. The van der Waals surface area contributed by atoms with Gasteiger partial charge >= 0.3 is 0 Å². The van der Waals surface area contributed by atoms with Crippen LogP contribution < -0.4 is 14.8 Å². The van der Waals surface area contributed by atoms with Gasteiger partial charge in [-0.05, 0) is 32.9 Å². The molecule has 0 saturated heterocycles. The van der Waals surface area contributed by atoms with Crippen LogP contribution >= 0.6 is 0 Å². The van der Waals surface area contributed by atoms with Crippen molar-refractivity contribution < 1.29 is 14.3 Å². The topological polar surface area (TPSA) is 65.4 Å². The van der Waals surface area contributed by atoms with Crippen LogP contribution in [0.4, 0.5) is 0 Å². The van der Waals surface area contributed by atoms with Crippen molar-refractivity contribution in [2.45, 2.75) is 39.8 Å². The van der Waals surface area contributed by atoms with E-state index in [2.05, 4.69) is 10.4 Å². The number of carbonyl (C=O) groups is 1. The first kappa shape index (κ1) is 16.4. The maximum atomic E-state index is 12.4. The Bertz CT molecular complexity index is 767. The van der Waals surface area contributed by atoms with Crippen LogP contribution in [0.3, 0.4) is 0 Å². The average Bonchev–Trinajstić information content (AvgIpc) is 3.07. The first-order valence-electron chi connectivity index (χ1n) is 8.21. The number of carbonyl (C=O) groups excluding carboxylic acids is 1.